The minimum Gasteiger partial charge on any atom is -0.447 e. The van der Waals surface area contributed by atoms with E-state index in [1.54, 1.807) is 6.07 Å². The zero-order valence-electron chi connectivity index (χ0n) is 20.2. The highest BCUT2D eigenvalue weighted by Gasteiger charge is 2.37. The molecule has 2 heterocycles. The first-order valence-corrected chi connectivity index (χ1v) is 12.7. The summed E-state index contributed by atoms with van der Waals surface area (Å²) in [5, 5.41) is 9.10. The summed E-state index contributed by atoms with van der Waals surface area (Å²) in [6.45, 7) is 8.08. The van der Waals surface area contributed by atoms with Gasteiger partial charge in [0, 0.05) is 17.7 Å². The molecule has 0 fully saturated rings. The van der Waals surface area contributed by atoms with E-state index in [1.807, 2.05) is 26.0 Å². The quantitative estimate of drug-likeness (QED) is 0.347. The van der Waals surface area contributed by atoms with Crippen molar-refractivity contribution in [1.82, 2.24) is 15.2 Å². The van der Waals surface area contributed by atoms with Crippen LogP contribution in [-0.2, 0) is 4.79 Å². The number of nitrogens with zero attached hydrogens (tertiary/aromatic N) is 4. The first kappa shape index (κ1) is 25.0. The lowest BCUT2D eigenvalue weighted by Gasteiger charge is -2.31. The standard InChI is InChI=1S/C26H28F2N4O2S/c1-5-7-21(33)32-20-11-10-16(4)14-18(20)23-24(29-26(31-30-23)35-13-12-15(2)3)34-25(32)17-8-6-9-19(27)22(17)28/h6,8-11,14-15,25H,5,7,12-13H2,1-4H3/t25-/m0/s1. The van der Waals surface area contributed by atoms with Crippen LogP contribution in [0.5, 0.6) is 5.88 Å². The number of amides is 1. The molecule has 0 aliphatic carbocycles. The molecule has 1 amide bonds. The first-order valence-electron chi connectivity index (χ1n) is 11.7. The molecule has 1 aliphatic rings. The van der Waals surface area contributed by atoms with Gasteiger partial charge in [0.2, 0.25) is 23.2 Å². The number of aromatic nitrogens is 3. The van der Waals surface area contributed by atoms with E-state index < -0.39 is 17.9 Å². The highest BCUT2D eigenvalue weighted by molar-refractivity contribution is 7.99. The lowest BCUT2D eigenvalue weighted by molar-refractivity contribution is -0.120. The molecule has 0 unspecified atom stereocenters. The van der Waals surface area contributed by atoms with E-state index in [0.717, 1.165) is 23.8 Å². The number of hydrogen-bond acceptors (Lipinski definition) is 6. The minimum atomic E-state index is -1.27. The average Bonchev–Trinajstić information content (AvgIpc) is 2.95. The van der Waals surface area contributed by atoms with Crippen LogP contribution in [0.15, 0.2) is 41.6 Å². The van der Waals surface area contributed by atoms with Gasteiger partial charge in [0.05, 0.1) is 11.3 Å². The topological polar surface area (TPSA) is 68.2 Å². The number of fused-ring (bicyclic) bond motifs is 3. The van der Waals surface area contributed by atoms with Crippen molar-refractivity contribution in [2.75, 3.05) is 10.7 Å². The molecular weight excluding hydrogens is 470 g/mol. The second-order valence-electron chi connectivity index (χ2n) is 8.93. The van der Waals surface area contributed by atoms with E-state index in [-0.39, 0.29) is 23.8 Å². The van der Waals surface area contributed by atoms with Crippen molar-refractivity contribution < 1.29 is 18.3 Å². The number of rotatable bonds is 7. The van der Waals surface area contributed by atoms with Crippen LogP contribution in [0.2, 0.25) is 0 Å². The van der Waals surface area contributed by atoms with Crippen LogP contribution in [-0.4, -0.2) is 26.8 Å². The molecule has 4 rings (SSSR count). The second-order valence-corrected chi connectivity index (χ2v) is 9.99. The predicted molar refractivity (Wildman–Crippen MR) is 132 cm³/mol. The Bertz CT molecular complexity index is 1240. The fraction of sp³-hybridized carbons (Fsp3) is 0.385. The molecule has 0 saturated heterocycles. The number of benzene rings is 2. The molecule has 6 nitrogen and oxygen atoms in total. The van der Waals surface area contributed by atoms with Crippen molar-refractivity contribution in [3.63, 3.8) is 0 Å². The maximum atomic E-state index is 15.0. The van der Waals surface area contributed by atoms with Gasteiger partial charge in [0.15, 0.2) is 17.3 Å². The van der Waals surface area contributed by atoms with Gasteiger partial charge >= 0.3 is 0 Å². The van der Waals surface area contributed by atoms with Gasteiger partial charge in [-0.05, 0) is 43.9 Å². The van der Waals surface area contributed by atoms with Crippen molar-refractivity contribution in [2.24, 2.45) is 5.92 Å². The summed E-state index contributed by atoms with van der Waals surface area (Å²) in [4.78, 5) is 19.3. The molecule has 1 aromatic heterocycles. The van der Waals surface area contributed by atoms with Crippen molar-refractivity contribution in [1.29, 1.82) is 0 Å². The second kappa shape index (κ2) is 10.7. The summed E-state index contributed by atoms with van der Waals surface area (Å²) in [5.41, 5.74) is 2.28. The van der Waals surface area contributed by atoms with Crippen molar-refractivity contribution in [2.45, 2.75) is 58.3 Å². The van der Waals surface area contributed by atoms with E-state index in [9.17, 15) is 9.18 Å². The van der Waals surface area contributed by atoms with Crippen LogP contribution in [0, 0.1) is 24.5 Å². The number of hydrogen-bond donors (Lipinski definition) is 0. The fourth-order valence-electron chi connectivity index (χ4n) is 3.84. The van der Waals surface area contributed by atoms with Gasteiger partial charge in [-0.3, -0.25) is 9.69 Å². The summed E-state index contributed by atoms with van der Waals surface area (Å²) in [7, 11) is 0. The summed E-state index contributed by atoms with van der Waals surface area (Å²) in [6.07, 6.45) is 0.495. The predicted octanol–water partition coefficient (Wildman–Crippen LogP) is 6.49. The molecule has 0 spiro atoms. The molecule has 3 aromatic rings. The molecule has 184 valence electrons. The highest BCUT2D eigenvalue weighted by atomic mass is 32.2. The average molecular weight is 499 g/mol. The Balaban J connectivity index is 1.89. The maximum absolute atomic E-state index is 15.0. The third-order valence-electron chi connectivity index (χ3n) is 5.67. The number of carbonyl (C=O) groups excluding carboxylic acids is 1. The number of halogens is 2. The number of ether oxygens (including phenoxy) is 1. The van der Waals surface area contributed by atoms with E-state index in [4.69, 9.17) is 4.74 Å². The maximum Gasteiger partial charge on any atom is 0.247 e. The number of carbonyl (C=O) groups is 1. The minimum absolute atomic E-state index is 0.0959. The molecule has 35 heavy (non-hydrogen) atoms. The molecular formula is C26H28F2N4O2S. The van der Waals surface area contributed by atoms with Crippen molar-refractivity contribution in [3.05, 3.63) is 59.2 Å². The highest BCUT2D eigenvalue weighted by Crippen LogP contribution is 2.44. The lowest BCUT2D eigenvalue weighted by Crippen LogP contribution is -2.38. The van der Waals surface area contributed by atoms with Gasteiger partial charge in [-0.15, -0.1) is 10.2 Å². The zero-order valence-corrected chi connectivity index (χ0v) is 21.0. The largest absolute Gasteiger partial charge is 0.447 e. The Kier molecular flexibility index (Phi) is 7.64. The third-order valence-corrected chi connectivity index (χ3v) is 6.54. The summed E-state index contributed by atoms with van der Waals surface area (Å²) < 4.78 is 35.5. The van der Waals surface area contributed by atoms with E-state index in [0.29, 0.717) is 34.4 Å². The molecule has 0 radical (unpaired) electrons. The summed E-state index contributed by atoms with van der Waals surface area (Å²) >= 11 is 1.45. The van der Waals surface area contributed by atoms with Gasteiger partial charge in [0.25, 0.3) is 0 Å². The van der Waals surface area contributed by atoms with Crippen LogP contribution < -0.4 is 9.64 Å². The van der Waals surface area contributed by atoms with E-state index in [2.05, 4.69) is 29.0 Å². The Morgan fingerprint density at radius 1 is 1.20 bits per heavy atom. The van der Waals surface area contributed by atoms with Crippen LogP contribution in [0.25, 0.3) is 11.3 Å². The zero-order chi connectivity index (χ0) is 25.1. The van der Waals surface area contributed by atoms with E-state index >= 15 is 4.39 Å². The molecule has 0 saturated carbocycles. The Morgan fingerprint density at radius 3 is 2.74 bits per heavy atom. The smallest absolute Gasteiger partial charge is 0.247 e. The van der Waals surface area contributed by atoms with Crippen LogP contribution in [0.3, 0.4) is 0 Å². The SMILES string of the molecule is CCCC(=O)N1c2ccc(C)cc2-c2nnc(SCCC(C)C)nc2O[C@H]1c1cccc(F)c1F. The Hall–Kier alpha value is -3.07. The van der Waals surface area contributed by atoms with Gasteiger partial charge in [-0.2, -0.15) is 4.98 Å². The monoisotopic (exact) mass is 498 g/mol. The summed E-state index contributed by atoms with van der Waals surface area (Å²) in [6, 6.07) is 9.34. The molecule has 2 aromatic carbocycles. The van der Waals surface area contributed by atoms with Crippen molar-refractivity contribution in [3.8, 4) is 17.1 Å². The molecule has 9 heteroatoms. The van der Waals surface area contributed by atoms with Gasteiger partial charge in [-0.25, -0.2) is 8.78 Å². The Morgan fingerprint density at radius 2 is 2.00 bits per heavy atom. The summed E-state index contributed by atoms with van der Waals surface area (Å²) in [5.74, 6) is -0.916. The van der Waals surface area contributed by atoms with Crippen LogP contribution in [0.1, 0.15) is 57.4 Å². The van der Waals surface area contributed by atoms with Gasteiger partial charge in [-0.1, -0.05) is 56.3 Å². The number of anilines is 1. The molecule has 1 aliphatic heterocycles. The first-order chi connectivity index (χ1) is 16.8. The third kappa shape index (κ3) is 5.29. The molecule has 0 N–H and O–H groups in total. The normalized spacial score (nSPS) is 14.8. The number of thioether (sulfide) groups is 1. The van der Waals surface area contributed by atoms with Gasteiger partial charge in [0.1, 0.15) is 0 Å². The molecule has 1 atom stereocenters. The van der Waals surface area contributed by atoms with Gasteiger partial charge < -0.3 is 4.74 Å². The number of aryl methyl sites for hydroxylation is 1. The molecule has 0 bridgehead atoms. The van der Waals surface area contributed by atoms with Crippen LogP contribution in [0.4, 0.5) is 14.5 Å². The van der Waals surface area contributed by atoms with Crippen LogP contribution >= 0.6 is 11.8 Å². The lowest BCUT2D eigenvalue weighted by atomic mass is 10.0. The Labute approximate surface area is 208 Å². The fourth-order valence-corrected chi connectivity index (χ4v) is 4.86. The van der Waals surface area contributed by atoms with Crippen molar-refractivity contribution >= 4 is 23.4 Å². The van der Waals surface area contributed by atoms with E-state index in [1.165, 1.54) is 28.8 Å².